The van der Waals surface area contributed by atoms with E-state index in [1.807, 2.05) is 0 Å². The number of hydrogen-bond acceptors (Lipinski definition) is 2. The smallest absolute Gasteiger partial charge is 0.122 e. The standard InChI is InChI=1S/C19H23NO/c1-14-5-3-4-6-18(14)15(2)20-11-9-16-7-8-19-17(13-16)10-12-21-19/h3-8,13,15,20H,9-12H2,1-2H3. The van der Waals surface area contributed by atoms with Crippen molar-refractivity contribution < 1.29 is 4.74 Å². The molecule has 1 aliphatic heterocycles. The molecule has 0 amide bonds. The minimum Gasteiger partial charge on any atom is -0.493 e. The number of aryl methyl sites for hydroxylation is 1. The highest BCUT2D eigenvalue weighted by Crippen LogP contribution is 2.26. The molecule has 0 bridgehead atoms. The molecule has 110 valence electrons. The van der Waals surface area contributed by atoms with Crippen molar-refractivity contribution >= 4 is 0 Å². The van der Waals surface area contributed by atoms with Crippen molar-refractivity contribution in [3.8, 4) is 5.75 Å². The summed E-state index contributed by atoms with van der Waals surface area (Å²) in [5.74, 6) is 1.07. The molecule has 1 aliphatic rings. The normalized spacial score (nSPS) is 14.6. The van der Waals surface area contributed by atoms with Crippen LogP contribution in [-0.4, -0.2) is 13.2 Å². The lowest BCUT2D eigenvalue weighted by molar-refractivity contribution is 0.357. The maximum atomic E-state index is 5.55. The van der Waals surface area contributed by atoms with Gasteiger partial charge in [0.1, 0.15) is 5.75 Å². The van der Waals surface area contributed by atoms with E-state index in [0.29, 0.717) is 6.04 Å². The number of ether oxygens (including phenoxy) is 1. The monoisotopic (exact) mass is 281 g/mol. The molecular weight excluding hydrogens is 258 g/mol. The molecule has 3 rings (SSSR count). The molecule has 1 atom stereocenters. The Bertz CT molecular complexity index is 621. The van der Waals surface area contributed by atoms with Crippen molar-refractivity contribution in [3.05, 3.63) is 64.7 Å². The molecule has 0 aromatic heterocycles. The van der Waals surface area contributed by atoms with E-state index in [-0.39, 0.29) is 0 Å². The van der Waals surface area contributed by atoms with Crippen LogP contribution in [0.25, 0.3) is 0 Å². The number of rotatable bonds is 5. The van der Waals surface area contributed by atoms with Gasteiger partial charge >= 0.3 is 0 Å². The van der Waals surface area contributed by atoms with Crippen LogP contribution >= 0.6 is 0 Å². The van der Waals surface area contributed by atoms with E-state index in [2.05, 4.69) is 61.6 Å². The Labute approximate surface area is 127 Å². The Balaban J connectivity index is 1.55. The second kappa shape index (κ2) is 6.31. The average molecular weight is 281 g/mol. The van der Waals surface area contributed by atoms with E-state index < -0.39 is 0 Å². The highest BCUT2D eigenvalue weighted by molar-refractivity contribution is 5.39. The zero-order valence-electron chi connectivity index (χ0n) is 12.9. The van der Waals surface area contributed by atoms with Gasteiger partial charge in [-0.2, -0.15) is 0 Å². The zero-order chi connectivity index (χ0) is 14.7. The summed E-state index contributed by atoms with van der Waals surface area (Å²) in [5, 5.41) is 3.62. The topological polar surface area (TPSA) is 21.3 Å². The molecule has 2 aromatic carbocycles. The van der Waals surface area contributed by atoms with Gasteiger partial charge in [-0.05, 0) is 55.1 Å². The van der Waals surface area contributed by atoms with Crippen LogP contribution in [0, 0.1) is 6.92 Å². The molecular formula is C19H23NO. The van der Waals surface area contributed by atoms with Crippen LogP contribution < -0.4 is 10.1 Å². The third-order valence-electron chi connectivity index (χ3n) is 4.27. The molecule has 2 heteroatoms. The van der Waals surface area contributed by atoms with Gasteiger partial charge in [-0.15, -0.1) is 0 Å². The zero-order valence-corrected chi connectivity index (χ0v) is 12.9. The lowest BCUT2D eigenvalue weighted by atomic mass is 10.0. The summed E-state index contributed by atoms with van der Waals surface area (Å²) in [6, 6.07) is 15.6. The minimum absolute atomic E-state index is 0.393. The molecule has 0 saturated carbocycles. The van der Waals surface area contributed by atoms with Gasteiger partial charge < -0.3 is 10.1 Å². The van der Waals surface area contributed by atoms with E-state index in [4.69, 9.17) is 4.74 Å². The Morgan fingerprint density at radius 1 is 1.19 bits per heavy atom. The van der Waals surface area contributed by atoms with Crippen LogP contribution in [0.5, 0.6) is 5.75 Å². The van der Waals surface area contributed by atoms with Crippen molar-refractivity contribution in [3.63, 3.8) is 0 Å². The molecule has 2 nitrogen and oxygen atoms in total. The van der Waals surface area contributed by atoms with Crippen molar-refractivity contribution in [1.29, 1.82) is 0 Å². The van der Waals surface area contributed by atoms with Crippen molar-refractivity contribution in [1.82, 2.24) is 5.32 Å². The first-order valence-corrected chi connectivity index (χ1v) is 7.77. The van der Waals surface area contributed by atoms with Crippen LogP contribution in [-0.2, 0) is 12.8 Å². The summed E-state index contributed by atoms with van der Waals surface area (Å²) in [5.41, 5.74) is 5.50. The highest BCUT2D eigenvalue weighted by atomic mass is 16.5. The summed E-state index contributed by atoms with van der Waals surface area (Å²) in [4.78, 5) is 0. The molecule has 0 spiro atoms. The maximum absolute atomic E-state index is 5.55. The van der Waals surface area contributed by atoms with Gasteiger partial charge in [0, 0.05) is 12.5 Å². The van der Waals surface area contributed by atoms with Crippen molar-refractivity contribution in [2.45, 2.75) is 32.7 Å². The Kier molecular flexibility index (Phi) is 4.26. The molecule has 2 aromatic rings. The van der Waals surface area contributed by atoms with Gasteiger partial charge in [-0.1, -0.05) is 36.4 Å². The number of nitrogens with one attached hydrogen (secondary N) is 1. The quantitative estimate of drug-likeness (QED) is 0.899. The fraction of sp³-hybridized carbons (Fsp3) is 0.368. The van der Waals surface area contributed by atoms with Gasteiger partial charge in [-0.3, -0.25) is 0 Å². The minimum atomic E-state index is 0.393. The predicted octanol–water partition coefficient (Wildman–Crippen LogP) is 3.82. The third kappa shape index (κ3) is 3.27. The van der Waals surface area contributed by atoms with E-state index in [0.717, 1.165) is 31.7 Å². The van der Waals surface area contributed by atoms with Gasteiger partial charge in [0.2, 0.25) is 0 Å². The molecule has 0 fully saturated rings. The molecule has 0 aliphatic carbocycles. The maximum Gasteiger partial charge on any atom is 0.122 e. The van der Waals surface area contributed by atoms with Crippen LogP contribution in [0.3, 0.4) is 0 Å². The molecule has 1 unspecified atom stereocenters. The summed E-state index contributed by atoms with van der Waals surface area (Å²) < 4.78 is 5.55. The molecule has 21 heavy (non-hydrogen) atoms. The fourth-order valence-corrected chi connectivity index (χ4v) is 3.01. The Morgan fingerprint density at radius 3 is 2.90 bits per heavy atom. The van der Waals surface area contributed by atoms with Crippen LogP contribution in [0.2, 0.25) is 0 Å². The lowest BCUT2D eigenvalue weighted by Crippen LogP contribution is -2.22. The summed E-state index contributed by atoms with van der Waals surface area (Å²) in [6.45, 7) is 6.24. The second-order valence-corrected chi connectivity index (χ2v) is 5.82. The van der Waals surface area contributed by atoms with Crippen LogP contribution in [0.1, 0.15) is 35.2 Å². The van der Waals surface area contributed by atoms with Crippen LogP contribution in [0.15, 0.2) is 42.5 Å². The molecule has 0 saturated heterocycles. The first-order valence-electron chi connectivity index (χ1n) is 7.77. The van der Waals surface area contributed by atoms with Gasteiger partial charge in [0.15, 0.2) is 0 Å². The number of hydrogen-bond donors (Lipinski definition) is 1. The SMILES string of the molecule is Cc1ccccc1C(C)NCCc1ccc2c(c1)CCO2. The van der Waals surface area contributed by atoms with E-state index >= 15 is 0 Å². The molecule has 1 heterocycles. The molecule has 0 radical (unpaired) electrons. The Hall–Kier alpha value is -1.80. The molecule has 1 N–H and O–H groups in total. The number of benzene rings is 2. The highest BCUT2D eigenvalue weighted by Gasteiger charge is 2.12. The van der Waals surface area contributed by atoms with E-state index in [1.165, 1.54) is 22.3 Å². The summed E-state index contributed by atoms with van der Waals surface area (Å²) in [6.07, 6.45) is 2.11. The largest absolute Gasteiger partial charge is 0.493 e. The fourth-order valence-electron chi connectivity index (χ4n) is 3.01. The second-order valence-electron chi connectivity index (χ2n) is 5.82. The van der Waals surface area contributed by atoms with Crippen molar-refractivity contribution in [2.75, 3.05) is 13.2 Å². The third-order valence-corrected chi connectivity index (χ3v) is 4.27. The first kappa shape index (κ1) is 14.2. The number of fused-ring (bicyclic) bond motifs is 1. The van der Waals surface area contributed by atoms with Gasteiger partial charge in [0.05, 0.1) is 6.61 Å². The summed E-state index contributed by atoms with van der Waals surface area (Å²) in [7, 11) is 0. The van der Waals surface area contributed by atoms with Gasteiger partial charge in [0.25, 0.3) is 0 Å². The van der Waals surface area contributed by atoms with Gasteiger partial charge in [-0.25, -0.2) is 0 Å². The Morgan fingerprint density at radius 2 is 2.05 bits per heavy atom. The average Bonchev–Trinajstić information content (AvgIpc) is 2.95. The predicted molar refractivity (Wildman–Crippen MR) is 86.9 cm³/mol. The van der Waals surface area contributed by atoms with Crippen LogP contribution in [0.4, 0.5) is 0 Å². The first-order chi connectivity index (χ1) is 10.2. The van der Waals surface area contributed by atoms with E-state index in [1.54, 1.807) is 0 Å². The van der Waals surface area contributed by atoms with Crippen molar-refractivity contribution in [2.24, 2.45) is 0 Å². The lowest BCUT2D eigenvalue weighted by Gasteiger charge is -2.16. The van der Waals surface area contributed by atoms with E-state index in [9.17, 15) is 0 Å². The summed E-state index contributed by atoms with van der Waals surface area (Å²) >= 11 is 0.